The number of fused-ring (bicyclic) bond motifs is 5. The van der Waals surface area contributed by atoms with Crippen LogP contribution in [0.2, 0.25) is 5.02 Å². The highest BCUT2D eigenvalue weighted by molar-refractivity contribution is 6.32. The van der Waals surface area contributed by atoms with Gasteiger partial charge < -0.3 is 10.0 Å². The number of nitrogens with zero attached hydrogens (tertiary/aromatic N) is 2. The van der Waals surface area contributed by atoms with Crippen LogP contribution < -0.4 is 0 Å². The molecule has 31 heavy (non-hydrogen) atoms. The number of benzene rings is 3. The predicted octanol–water partition coefficient (Wildman–Crippen LogP) is 5.56. The van der Waals surface area contributed by atoms with Crippen LogP contribution in [-0.2, 0) is 12.8 Å². The molecule has 1 aliphatic carbocycles. The molecule has 1 N–H and O–H groups in total. The molecule has 0 amide bonds. The van der Waals surface area contributed by atoms with Crippen LogP contribution in [0.3, 0.4) is 0 Å². The Labute approximate surface area is 186 Å². The van der Waals surface area contributed by atoms with Crippen LogP contribution in [0, 0.1) is 10.1 Å². The standard InChI is InChI=1S/C25H23ClN2O3/c1-27-11-10-16-13-22(26)24(29)14-21(16)25-20-7-3-6-18(19(20)8-9-23(25)27)15-4-2-5-17(12-15)28(30)31/h2-7,12-14,23,25,29H,8-11H2,1H3/t23-,25+/m0/s1. The van der Waals surface area contributed by atoms with Crippen LogP contribution >= 0.6 is 11.6 Å². The van der Waals surface area contributed by atoms with Gasteiger partial charge >= 0.3 is 0 Å². The molecule has 0 bridgehead atoms. The number of hydrogen-bond donors (Lipinski definition) is 1. The summed E-state index contributed by atoms with van der Waals surface area (Å²) >= 11 is 6.24. The van der Waals surface area contributed by atoms with Crippen molar-refractivity contribution in [3.05, 3.63) is 92.0 Å². The topological polar surface area (TPSA) is 66.6 Å². The van der Waals surface area contributed by atoms with E-state index in [-0.39, 0.29) is 22.3 Å². The van der Waals surface area contributed by atoms with Crippen molar-refractivity contribution in [1.29, 1.82) is 0 Å². The maximum Gasteiger partial charge on any atom is 0.270 e. The van der Waals surface area contributed by atoms with E-state index >= 15 is 0 Å². The fourth-order valence-electron chi connectivity index (χ4n) is 5.34. The molecule has 1 heterocycles. The molecule has 2 atom stereocenters. The van der Waals surface area contributed by atoms with Crippen LogP contribution in [-0.4, -0.2) is 34.6 Å². The second-order valence-corrected chi connectivity index (χ2v) is 8.90. The molecule has 0 saturated heterocycles. The summed E-state index contributed by atoms with van der Waals surface area (Å²) in [5.74, 6) is 0.235. The van der Waals surface area contributed by atoms with Crippen molar-refractivity contribution >= 4 is 17.3 Å². The maximum absolute atomic E-state index is 11.3. The molecule has 6 heteroatoms. The van der Waals surface area contributed by atoms with E-state index in [9.17, 15) is 15.2 Å². The van der Waals surface area contributed by atoms with Gasteiger partial charge in [0, 0.05) is 30.6 Å². The summed E-state index contributed by atoms with van der Waals surface area (Å²) in [4.78, 5) is 13.4. The fourth-order valence-corrected chi connectivity index (χ4v) is 5.52. The Balaban J connectivity index is 1.70. The molecule has 2 aliphatic rings. The third-order valence-electron chi connectivity index (χ3n) is 6.83. The third-order valence-corrected chi connectivity index (χ3v) is 7.14. The predicted molar refractivity (Wildman–Crippen MR) is 122 cm³/mol. The lowest BCUT2D eigenvalue weighted by Gasteiger charge is -2.39. The Morgan fingerprint density at radius 2 is 1.90 bits per heavy atom. The van der Waals surface area contributed by atoms with Crippen molar-refractivity contribution in [2.24, 2.45) is 0 Å². The molecule has 5 rings (SSSR count). The SMILES string of the molecule is CN1CCc2cc(Cl)c(O)cc2[C@H]2c3cccc(-c4cccc([N+](=O)[O-])c4)c3CC[C@@H]21. The highest BCUT2D eigenvalue weighted by Crippen LogP contribution is 2.46. The van der Waals surface area contributed by atoms with Crippen LogP contribution in [0.4, 0.5) is 5.69 Å². The van der Waals surface area contributed by atoms with Gasteiger partial charge in [-0.15, -0.1) is 0 Å². The van der Waals surface area contributed by atoms with Gasteiger partial charge in [-0.25, -0.2) is 0 Å². The lowest BCUT2D eigenvalue weighted by Crippen LogP contribution is -2.39. The Morgan fingerprint density at radius 1 is 1.10 bits per heavy atom. The number of likely N-dealkylation sites (N-methyl/N-ethyl adjacent to an activating group) is 1. The summed E-state index contributed by atoms with van der Waals surface area (Å²) in [6.45, 7) is 0.940. The van der Waals surface area contributed by atoms with E-state index in [0.29, 0.717) is 11.1 Å². The van der Waals surface area contributed by atoms with Crippen molar-refractivity contribution < 1.29 is 10.0 Å². The number of hydrogen-bond acceptors (Lipinski definition) is 4. The Kier molecular flexibility index (Phi) is 4.95. The average molecular weight is 435 g/mol. The number of rotatable bonds is 2. The zero-order chi connectivity index (χ0) is 21.7. The first kappa shape index (κ1) is 20.0. The molecule has 158 valence electrons. The number of non-ortho nitro benzene ring substituents is 1. The molecular weight excluding hydrogens is 412 g/mol. The summed E-state index contributed by atoms with van der Waals surface area (Å²) in [5.41, 5.74) is 6.79. The highest BCUT2D eigenvalue weighted by atomic mass is 35.5. The third kappa shape index (κ3) is 3.38. The van der Waals surface area contributed by atoms with Crippen molar-refractivity contribution in [2.75, 3.05) is 13.6 Å². The van der Waals surface area contributed by atoms with Gasteiger partial charge in [-0.2, -0.15) is 0 Å². The monoisotopic (exact) mass is 434 g/mol. The van der Waals surface area contributed by atoms with Gasteiger partial charge in [0.2, 0.25) is 0 Å². The molecule has 0 spiro atoms. The van der Waals surface area contributed by atoms with Gasteiger partial charge in [0.05, 0.1) is 9.95 Å². The molecule has 3 aromatic rings. The molecule has 0 radical (unpaired) electrons. The van der Waals surface area contributed by atoms with E-state index in [1.807, 2.05) is 24.3 Å². The molecule has 0 saturated carbocycles. The molecule has 1 aliphatic heterocycles. The summed E-state index contributed by atoms with van der Waals surface area (Å²) in [7, 11) is 2.17. The minimum atomic E-state index is -0.349. The van der Waals surface area contributed by atoms with E-state index in [1.54, 1.807) is 12.1 Å². The van der Waals surface area contributed by atoms with E-state index < -0.39 is 0 Å². The van der Waals surface area contributed by atoms with Crippen LogP contribution in [0.15, 0.2) is 54.6 Å². The number of nitro groups is 1. The van der Waals surface area contributed by atoms with Crippen LogP contribution in [0.25, 0.3) is 11.1 Å². The number of phenolic OH excluding ortho intramolecular Hbond substituents is 1. The largest absolute Gasteiger partial charge is 0.506 e. The number of nitro benzene ring substituents is 1. The molecule has 0 aromatic heterocycles. The van der Waals surface area contributed by atoms with E-state index in [4.69, 9.17) is 11.6 Å². The quantitative estimate of drug-likeness (QED) is 0.424. The van der Waals surface area contributed by atoms with Crippen molar-refractivity contribution in [2.45, 2.75) is 31.2 Å². The number of halogens is 1. The fraction of sp³-hybridized carbons (Fsp3) is 0.280. The van der Waals surface area contributed by atoms with E-state index in [0.717, 1.165) is 42.5 Å². The smallest absolute Gasteiger partial charge is 0.270 e. The van der Waals surface area contributed by atoms with Gasteiger partial charge in [-0.3, -0.25) is 10.1 Å². The maximum atomic E-state index is 11.3. The van der Waals surface area contributed by atoms with Crippen LogP contribution in [0.1, 0.15) is 34.6 Å². The average Bonchev–Trinajstić information content (AvgIpc) is 2.91. The minimum absolute atomic E-state index is 0.0999. The van der Waals surface area contributed by atoms with Gasteiger partial charge in [0.25, 0.3) is 5.69 Å². The van der Waals surface area contributed by atoms with Gasteiger partial charge in [-0.05, 0) is 71.8 Å². The summed E-state index contributed by atoms with van der Waals surface area (Å²) in [6.07, 6.45) is 2.79. The zero-order valence-corrected chi connectivity index (χ0v) is 18.0. The number of phenols is 1. The van der Waals surface area contributed by atoms with Crippen molar-refractivity contribution in [1.82, 2.24) is 4.90 Å². The Hall–Kier alpha value is -2.89. The summed E-state index contributed by atoms with van der Waals surface area (Å²) < 4.78 is 0. The highest BCUT2D eigenvalue weighted by Gasteiger charge is 2.37. The lowest BCUT2D eigenvalue weighted by molar-refractivity contribution is -0.384. The van der Waals surface area contributed by atoms with Gasteiger partial charge in [-0.1, -0.05) is 41.9 Å². The van der Waals surface area contributed by atoms with E-state index in [1.165, 1.54) is 22.8 Å². The van der Waals surface area contributed by atoms with Crippen LogP contribution in [0.5, 0.6) is 5.75 Å². The van der Waals surface area contributed by atoms with Gasteiger partial charge in [0.1, 0.15) is 5.75 Å². The summed E-state index contributed by atoms with van der Waals surface area (Å²) in [5, 5.41) is 22.1. The molecule has 0 unspecified atom stereocenters. The lowest BCUT2D eigenvalue weighted by atomic mass is 9.72. The first-order valence-electron chi connectivity index (χ1n) is 10.5. The van der Waals surface area contributed by atoms with Crippen molar-refractivity contribution in [3.63, 3.8) is 0 Å². The molecular formula is C25H23ClN2O3. The minimum Gasteiger partial charge on any atom is -0.506 e. The van der Waals surface area contributed by atoms with Crippen molar-refractivity contribution in [3.8, 4) is 16.9 Å². The second kappa shape index (κ2) is 7.66. The summed E-state index contributed by atoms with van der Waals surface area (Å²) in [6, 6.07) is 17.2. The zero-order valence-electron chi connectivity index (χ0n) is 17.2. The van der Waals surface area contributed by atoms with Gasteiger partial charge in [0.15, 0.2) is 0 Å². The molecule has 3 aromatic carbocycles. The normalized spacial score (nSPS) is 20.3. The number of aromatic hydroxyl groups is 1. The van der Waals surface area contributed by atoms with E-state index in [2.05, 4.69) is 24.1 Å². The Bertz CT molecular complexity index is 1190. The first-order chi connectivity index (χ1) is 14.9. The second-order valence-electron chi connectivity index (χ2n) is 8.50. The molecule has 5 nitrogen and oxygen atoms in total. The first-order valence-corrected chi connectivity index (χ1v) is 10.9. The Morgan fingerprint density at radius 3 is 2.71 bits per heavy atom. The molecule has 0 fully saturated rings.